The Balaban J connectivity index is 2.71. The molecule has 0 aromatic carbocycles. The molecule has 1 heterocycles. The minimum atomic E-state index is -3.16. The summed E-state index contributed by atoms with van der Waals surface area (Å²) in [5, 5.41) is 9.70. The molecule has 1 fully saturated rings. The van der Waals surface area contributed by atoms with E-state index in [1.54, 1.807) is 6.92 Å². The van der Waals surface area contributed by atoms with Crippen molar-refractivity contribution in [1.29, 1.82) is 0 Å². The highest BCUT2D eigenvalue weighted by atomic mass is 32.2. The first-order valence-electron chi connectivity index (χ1n) is 4.34. The fraction of sp³-hybridized carbons (Fsp3) is 1.00. The Morgan fingerprint density at radius 3 is 2.62 bits per heavy atom. The van der Waals surface area contributed by atoms with Gasteiger partial charge in [-0.1, -0.05) is 0 Å². The van der Waals surface area contributed by atoms with Crippen LogP contribution in [0, 0.1) is 0 Å². The Labute approximate surface area is 78.6 Å². The third-order valence-corrected chi connectivity index (χ3v) is 4.26. The van der Waals surface area contributed by atoms with Crippen LogP contribution in [0.25, 0.3) is 0 Å². The molecule has 0 spiro atoms. The molecular formula is C7H16N2O3S. The molecular weight excluding hydrogens is 192 g/mol. The molecule has 1 unspecified atom stereocenters. The van der Waals surface area contributed by atoms with Crippen molar-refractivity contribution >= 4 is 10.0 Å². The van der Waals surface area contributed by atoms with E-state index in [1.165, 1.54) is 4.31 Å². The van der Waals surface area contributed by atoms with E-state index in [1.807, 2.05) is 0 Å². The second kappa shape index (κ2) is 3.53. The Kier molecular flexibility index (Phi) is 2.96. The van der Waals surface area contributed by atoms with E-state index < -0.39 is 15.6 Å². The monoisotopic (exact) mass is 208 g/mol. The van der Waals surface area contributed by atoms with Crippen molar-refractivity contribution in [1.82, 2.24) is 4.31 Å². The third-order valence-electron chi connectivity index (χ3n) is 2.44. The number of hydrogen-bond donors (Lipinski definition) is 2. The van der Waals surface area contributed by atoms with E-state index in [0.29, 0.717) is 13.0 Å². The molecule has 5 nitrogen and oxygen atoms in total. The fourth-order valence-corrected chi connectivity index (χ4v) is 2.58. The minimum Gasteiger partial charge on any atom is -0.387 e. The molecule has 0 saturated carbocycles. The van der Waals surface area contributed by atoms with E-state index in [2.05, 4.69) is 0 Å². The van der Waals surface area contributed by atoms with E-state index in [4.69, 9.17) is 5.73 Å². The maximum absolute atomic E-state index is 11.4. The molecule has 0 bridgehead atoms. The van der Waals surface area contributed by atoms with Crippen LogP contribution in [0.4, 0.5) is 0 Å². The van der Waals surface area contributed by atoms with Crippen LogP contribution >= 0.6 is 0 Å². The smallest absolute Gasteiger partial charge is 0.213 e. The number of nitrogens with two attached hydrogens (primary N) is 1. The second-order valence-corrected chi connectivity index (χ2v) is 5.67. The normalized spacial score (nSPS) is 31.0. The van der Waals surface area contributed by atoms with E-state index in [9.17, 15) is 13.5 Å². The first-order valence-corrected chi connectivity index (χ1v) is 5.95. The molecule has 0 aromatic rings. The van der Waals surface area contributed by atoms with Gasteiger partial charge in [-0.3, -0.25) is 0 Å². The van der Waals surface area contributed by atoms with Crippen LogP contribution in [-0.2, 0) is 10.0 Å². The van der Waals surface area contributed by atoms with Gasteiger partial charge in [0.15, 0.2) is 0 Å². The van der Waals surface area contributed by atoms with Crippen LogP contribution in [0.15, 0.2) is 0 Å². The number of nitrogens with zero attached hydrogens (tertiary/aromatic N) is 1. The van der Waals surface area contributed by atoms with Gasteiger partial charge in [0.2, 0.25) is 10.0 Å². The van der Waals surface area contributed by atoms with Crippen LogP contribution in [0.2, 0.25) is 0 Å². The van der Waals surface area contributed by atoms with E-state index >= 15 is 0 Å². The molecule has 1 saturated heterocycles. The van der Waals surface area contributed by atoms with Gasteiger partial charge >= 0.3 is 0 Å². The zero-order valence-corrected chi connectivity index (χ0v) is 8.55. The third kappa shape index (κ3) is 2.19. The first kappa shape index (κ1) is 10.9. The molecule has 1 rings (SSSR count). The van der Waals surface area contributed by atoms with Gasteiger partial charge in [0.05, 0.1) is 11.4 Å². The van der Waals surface area contributed by atoms with Crippen molar-refractivity contribution < 1.29 is 13.5 Å². The lowest BCUT2D eigenvalue weighted by molar-refractivity contribution is 0.0651. The summed E-state index contributed by atoms with van der Waals surface area (Å²) in [6, 6.07) is 0. The molecule has 0 radical (unpaired) electrons. The molecule has 13 heavy (non-hydrogen) atoms. The zero-order chi connectivity index (χ0) is 10.1. The summed E-state index contributed by atoms with van der Waals surface area (Å²) in [6.07, 6.45) is 0.433. The fourth-order valence-electron chi connectivity index (χ4n) is 1.41. The Hall–Kier alpha value is -0.170. The van der Waals surface area contributed by atoms with Crippen LogP contribution in [-0.4, -0.2) is 48.8 Å². The van der Waals surface area contributed by atoms with Crippen LogP contribution in [0.1, 0.15) is 13.3 Å². The first-order chi connectivity index (χ1) is 5.93. The van der Waals surface area contributed by atoms with Gasteiger partial charge in [-0.2, -0.15) is 4.31 Å². The minimum absolute atomic E-state index is 0.0770. The number of β-amino-alcohol motifs (C(OH)–C–C–N with tert-alkyl or cyclic N) is 1. The van der Waals surface area contributed by atoms with Crippen LogP contribution in [0.3, 0.4) is 0 Å². The van der Waals surface area contributed by atoms with Crippen LogP contribution < -0.4 is 5.73 Å². The average Bonchev–Trinajstić information content (AvgIpc) is 2.50. The second-order valence-electron chi connectivity index (χ2n) is 3.41. The van der Waals surface area contributed by atoms with Gasteiger partial charge in [0, 0.05) is 19.6 Å². The summed E-state index contributed by atoms with van der Waals surface area (Å²) in [6.45, 7) is 2.22. The highest BCUT2D eigenvalue weighted by molar-refractivity contribution is 7.89. The molecule has 3 N–H and O–H groups in total. The standard InChI is InChI=1S/C7H16N2O3S/c1-2-13(11,12)9-4-3-7(10,5-8)6-9/h10H,2-6,8H2,1H3. The molecule has 1 atom stereocenters. The quantitative estimate of drug-likeness (QED) is 0.606. The lowest BCUT2D eigenvalue weighted by Gasteiger charge is -2.20. The largest absolute Gasteiger partial charge is 0.387 e. The number of aliphatic hydroxyl groups is 1. The summed E-state index contributed by atoms with van der Waals surface area (Å²) in [7, 11) is -3.16. The number of rotatable bonds is 3. The molecule has 6 heteroatoms. The zero-order valence-electron chi connectivity index (χ0n) is 7.73. The lowest BCUT2D eigenvalue weighted by Crippen LogP contribution is -2.42. The summed E-state index contributed by atoms with van der Waals surface area (Å²) in [5.41, 5.74) is 4.33. The molecule has 0 aromatic heterocycles. The Morgan fingerprint density at radius 1 is 1.62 bits per heavy atom. The summed E-state index contributed by atoms with van der Waals surface area (Å²) >= 11 is 0. The van der Waals surface area contributed by atoms with Gasteiger partial charge in [-0.25, -0.2) is 8.42 Å². The van der Waals surface area contributed by atoms with Gasteiger partial charge < -0.3 is 10.8 Å². The van der Waals surface area contributed by atoms with Crippen molar-refractivity contribution in [2.45, 2.75) is 18.9 Å². The predicted molar refractivity (Wildman–Crippen MR) is 49.7 cm³/mol. The average molecular weight is 208 g/mol. The van der Waals surface area contributed by atoms with Crippen molar-refractivity contribution in [3.8, 4) is 0 Å². The SMILES string of the molecule is CCS(=O)(=O)N1CCC(O)(CN)C1. The van der Waals surface area contributed by atoms with Gasteiger partial charge in [-0.05, 0) is 13.3 Å². The van der Waals surface area contributed by atoms with E-state index in [-0.39, 0.29) is 18.8 Å². The number of hydrogen-bond acceptors (Lipinski definition) is 4. The van der Waals surface area contributed by atoms with Gasteiger partial charge in [0.25, 0.3) is 0 Å². The van der Waals surface area contributed by atoms with Gasteiger partial charge in [0.1, 0.15) is 0 Å². The van der Waals surface area contributed by atoms with Crippen LogP contribution in [0.5, 0.6) is 0 Å². The summed E-state index contributed by atoms with van der Waals surface area (Å²) in [4.78, 5) is 0. The summed E-state index contributed by atoms with van der Waals surface area (Å²) in [5.74, 6) is 0.0770. The lowest BCUT2D eigenvalue weighted by atomic mass is 10.1. The highest BCUT2D eigenvalue weighted by Gasteiger charge is 2.39. The van der Waals surface area contributed by atoms with Gasteiger partial charge in [-0.15, -0.1) is 0 Å². The Bertz CT molecular complexity index is 277. The topological polar surface area (TPSA) is 83.6 Å². The van der Waals surface area contributed by atoms with Crippen molar-refractivity contribution in [2.24, 2.45) is 5.73 Å². The summed E-state index contributed by atoms with van der Waals surface area (Å²) < 4.78 is 24.1. The number of sulfonamides is 1. The maximum Gasteiger partial charge on any atom is 0.213 e. The Morgan fingerprint density at radius 2 is 2.23 bits per heavy atom. The highest BCUT2D eigenvalue weighted by Crippen LogP contribution is 2.22. The van der Waals surface area contributed by atoms with E-state index in [0.717, 1.165) is 0 Å². The van der Waals surface area contributed by atoms with Crippen molar-refractivity contribution in [3.05, 3.63) is 0 Å². The maximum atomic E-state index is 11.4. The van der Waals surface area contributed by atoms with Crippen molar-refractivity contribution in [2.75, 3.05) is 25.4 Å². The molecule has 1 aliphatic rings. The van der Waals surface area contributed by atoms with Crippen molar-refractivity contribution in [3.63, 3.8) is 0 Å². The molecule has 78 valence electrons. The molecule has 0 aliphatic carbocycles. The molecule has 0 amide bonds. The molecule has 1 aliphatic heterocycles. The predicted octanol–water partition coefficient (Wildman–Crippen LogP) is -1.27.